The van der Waals surface area contributed by atoms with E-state index in [-0.39, 0.29) is 5.91 Å². The number of likely N-dealkylation sites (tertiary alicyclic amines) is 1. The second-order valence-electron chi connectivity index (χ2n) is 6.73. The van der Waals surface area contributed by atoms with Crippen LogP contribution >= 0.6 is 11.6 Å². The van der Waals surface area contributed by atoms with Crippen molar-refractivity contribution in [3.8, 4) is 0 Å². The highest BCUT2D eigenvalue weighted by molar-refractivity contribution is 6.30. The number of urea groups is 1. The van der Waals surface area contributed by atoms with Gasteiger partial charge in [0.25, 0.3) is 0 Å². The molecule has 1 fully saturated rings. The fourth-order valence-corrected chi connectivity index (χ4v) is 3.37. The molecule has 3 rings (SSSR count). The van der Waals surface area contributed by atoms with Crippen molar-refractivity contribution in [3.05, 3.63) is 65.2 Å². The smallest absolute Gasteiger partial charge is 0.319 e. The minimum absolute atomic E-state index is 0.0233. The molecule has 0 spiro atoms. The molecule has 2 aromatic rings. The molecule has 1 aliphatic heterocycles. The second-order valence-corrected chi connectivity index (χ2v) is 7.17. The third-order valence-corrected chi connectivity index (χ3v) is 4.91. The minimum atomic E-state index is -0.599. The normalized spacial score (nSPS) is 15.1. The summed E-state index contributed by atoms with van der Waals surface area (Å²) in [5.41, 5.74) is 1.64. The van der Waals surface area contributed by atoms with Crippen LogP contribution in [0, 0.1) is 0 Å². The summed E-state index contributed by atoms with van der Waals surface area (Å²) in [5, 5.41) is 6.22. The van der Waals surface area contributed by atoms with Gasteiger partial charge >= 0.3 is 6.03 Å². The average Bonchev–Trinajstić information content (AvgIpc) is 2.70. The molecule has 0 aliphatic carbocycles. The van der Waals surface area contributed by atoms with Crippen LogP contribution in [-0.2, 0) is 11.2 Å². The predicted octanol–water partition coefficient (Wildman–Crippen LogP) is 4.09. The molecular formula is C21H24ClN3O2. The van der Waals surface area contributed by atoms with E-state index in [1.807, 2.05) is 35.2 Å². The number of carbonyl (C=O) groups excluding carboxylic acids is 2. The van der Waals surface area contributed by atoms with E-state index in [1.165, 1.54) is 0 Å². The van der Waals surface area contributed by atoms with Gasteiger partial charge in [-0.2, -0.15) is 0 Å². The van der Waals surface area contributed by atoms with Crippen molar-refractivity contribution in [3.63, 3.8) is 0 Å². The Morgan fingerprint density at radius 1 is 0.963 bits per heavy atom. The summed E-state index contributed by atoms with van der Waals surface area (Å²) in [5.74, 6) is -0.0233. The number of hydrogen-bond donors (Lipinski definition) is 2. The van der Waals surface area contributed by atoms with Gasteiger partial charge in [-0.25, -0.2) is 4.79 Å². The highest BCUT2D eigenvalue weighted by atomic mass is 35.5. The van der Waals surface area contributed by atoms with Crippen LogP contribution in [0.4, 0.5) is 10.5 Å². The SMILES string of the molecule is O=C(Nc1ccc(Cl)cc1)NC(Cc1ccccc1)C(=O)N1CCCCC1. The standard InChI is InChI=1S/C21H24ClN3O2/c22-17-9-11-18(12-10-17)23-21(27)24-19(15-16-7-3-1-4-8-16)20(26)25-13-5-2-6-14-25/h1,3-4,7-12,19H,2,5-6,13-15H2,(H2,23,24,27). The van der Waals surface area contributed by atoms with Gasteiger partial charge in [0.2, 0.25) is 5.91 Å². The van der Waals surface area contributed by atoms with Gasteiger partial charge in [0.1, 0.15) is 6.04 Å². The van der Waals surface area contributed by atoms with Crippen molar-refractivity contribution >= 4 is 29.2 Å². The fourth-order valence-electron chi connectivity index (χ4n) is 3.24. The number of halogens is 1. The van der Waals surface area contributed by atoms with Crippen molar-refractivity contribution in [2.45, 2.75) is 31.7 Å². The average molecular weight is 386 g/mol. The van der Waals surface area contributed by atoms with Crippen molar-refractivity contribution < 1.29 is 9.59 Å². The summed E-state index contributed by atoms with van der Waals surface area (Å²) in [6, 6.07) is 15.6. The molecule has 1 saturated heterocycles. The van der Waals surface area contributed by atoms with E-state index in [0.717, 1.165) is 37.9 Å². The third-order valence-electron chi connectivity index (χ3n) is 4.66. The number of hydrogen-bond acceptors (Lipinski definition) is 2. The van der Waals surface area contributed by atoms with Crippen LogP contribution in [-0.4, -0.2) is 36.0 Å². The first kappa shape index (κ1) is 19.2. The lowest BCUT2D eigenvalue weighted by molar-refractivity contribution is -0.134. The van der Waals surface area contributed by atoms with E-state index in [4.69, 9.17) is 11.6 Å². The molecule has 1 heterocycles. The maximum atomic E-state index is 13.0. The number of carbonyl (C=O) groups is 2. The highest BCUT2D eigenvalue weighted by Crippen LogP contribution is 2.15. The number of nitrogens with zero attached hydrogens (tertiary/aromatic N) is 1. The topological polar surface area (TPSA) is 61.4 Å². The lowest BCUT2D eigenvalue weighted by atomic mass is 10.0. The number of nitrogens with one attached hydrogen (secondary N) is 2. The van der Waals surface area contributed by atoms with Gasteiger partial charge in [-0.15, -0.1) is 0 Å². The molecule has 2 N–H and O–H groups in total. The van der Waals surface area contributed by atoms with Crippen molar-refractivity contribution in [2.24, 2.45) is 0 Å². The molecule has 3 amide bonds. The first-order valence-electron chi connectivity index (χ1n) is 9.27. The monoisotopic (exact) mass is 385 g/mol. The Kier molecular flexibility index (Phi) is 6.71. The second kappa shape index (κ2) is 9.42. The first-order chi connectivity index (χ1) is 13.1. The first-order valence-corrected chi connectivity index (χ1v) is 9.65. The molecule has 1 aliphatic rings. The number of benzene rings is 2. The van der Waals surface area contributed by atoms with E-state index >= 15 is 0 Å². The van der Waals surface area contributed by atoms with Gasteiger partial charge in [-0.05, 0) is 49.1 Å². The number of rotatable bonds is 5. The summed E-state index contributed by atoms with van der Waals surface area (Å²) in [6.45, 7) is 1.51. The Labute approximate surface area is 164 Å². The summed E-state index contributed by atoms with van der Waals surface area (Å²) in [4.78, 5) is 27.3. The molecule has 2 aromatic carbocycles. The molecule has 0 bridgehead atoms. The number of anilines is 1. The van der Waals surface area contributed by atoms with Gasteiger partial charge < -0.3 is 15.5 Å². The van der Waals surface area contributed by atoms with E-state index in [2.05, 4.69) is 10.6 Å². The Bertz CT molecular complexity index is 759. The molecular weight excluding hydrogens is 362 g/mol. The van der Waals surface area contributed by atoms with E-state index in [1.54, 1.807) is 24.3 Å². The van der Waals surface area contributed by atoms with E-state index in [9.17, 15) is 9.59 Å². The van der Waals surface area contributed by atoms with E-state index in [0.29, 0.717) is 17.1 Å². The molecule has 0 aromatic heterocycles. The van der Waals surface area contributed by atoms with Crippen LogP contribution in [0.3, 0.4) is 0 Å². The predicted molar refractivity (Wildman–Crippen MR) is 108 cm³/mol. The quantitative estimate of drug-likeness (QED) is 0.814. The molecule has 142 valence electrons. The van der Waals surface area contributed by atoms with Crippen molar-refractivity contribution in [1.82, 2.24) is 10.2 Å². The van der Waals surface area contributed by atoms with Gasteiger partial charge in [-0.1, -0.05) is 41.9 Å². The zero-order chi connectivity index (χ0) is 19.1. The Hall–Kier alpha value is -2.53. The molecule has 1 unspecified atom stereocenters. The number of amides is 3. The Morgan fingerprint density at radius 3 is 2.30 bits per heavy atom. The highest BCUT2D eigenvalue weighted by Gasteiger charge is 2.27. The van der Waals surface area contributed by atoms with Crippen LogP contribution in [0.25, 0.3) is 0 Å². The zero-order valence-electron chi connectivity index (χ0n) is 15.2. The molecule has 0 saturated carbocycles. The van der Waals surface area contributed by atoms with Crippen molar-refractivity contribution in [1.29, 1.82) is 0 Å². The molecule has 6 heteroatoms. The van der Waals surface area contributed by atoms with E-state index < -0.39 is 12.1 Å². The summed E-state index contributed by atoms with van der Waals surface area (Å²) in [7, 11) is 0. The summed E-state index contributed by atoms with van der Waals surface area (Å²) >= 11 is 5.87. The zero-order valence-corrected chi connectivity index (χ0v) is 15.9. The number of piperidine rings is 1. The Morgan fingerprint density at radius 2 is 1.63 bits per heavy atom. The summed E-state index contributed by atoms with van der Waals surface area (Å²) in [6.07, 6.45) is 3.64. The maximum absolute atomic E-state index is 13.0. The molecule has 0 radical (unpaired) electrons. The van der Waals surface area contributed by atoms with Gasteiger partial charge in [0, 0.05) is 30.2 Å². The van der Waals surface area contributed by atoms with Gasteiger partial charge in [-0.3, -0.25) is 4.79 Å². The van der Waals surface area contributed by atoms with Gasteiger partial charge in [0.15, 0.2) is 0 Å². The van der Waals surface area contributed by atoms with Crippen LogP contribution in [0.1, 0.15) is 24.8 Å². The van der Waals surface area contributed by atoms with Crippen LogP contribution < -0.4 is 10.6 Å². The molecule has 1 atom stereocenters. The molecule has 27 heavy (non-hydrogen) atoms. The minimum Gasteiger partial charge on any atom is -0.341 e. The third kappa shape index (κ3) is 5.73. The fraction of sp³-hybridized carbons (Fsp3) is 0.333. The van der Waals surface area contributed by atoms with Gasteiger partial charge in [0.05, 0.1) is 0 Å². The van der Waals surface area contributed by atoms with Crippen molar-refractivity contribution in [2.75, 3.05) is 18.4 Å². The lowest BCUT2D eigenvalue weighted by Crippen LogP contribution is -2.52. The maximum Gasteiger partial charge on any atom is 0.319 e. The van der Waals surface area contributed by atoms with Crippen LogP contribution in [0.5, 0.6) is 0 Å². The molecule has 5 nitrogen and oxygen atoms in total. The van der Waals surface area contributed by atoms with Crippen LogP contribution in [0.15, 0.2) is 54.6 Å². The Balaban J connectivity index is 1.69. The van der Waals surface area contributed by atoms with Crippen LogP contribution in [0.2, 0.25) is 5.02 Å². The largest absolute Gasteiger partial charge is 0.341 e. The summed E-state index contributed by atoms with van der Waals surface area (Å²) < 4.78 is 0. The lowest BCUT2D eigenvalue weighted by Gasteiger charge is -2.31.